The van der Waals surface area contributed by atoms with Crippen LogP contribution in [0.15, 0.2) is 83.0 Å². The predicted molar refractivity (Wildman–Crippen MR) is 116 cm³/mol. The highest BCUT2D eigenvalue weighted by Gasteiger charge is 2.11. The molecule has 0 aliphatic rings. The zero-order valence-electron chi connectivity index (χ0n) is 15.3. The van der Waals surface area contributed by atoms with Crippen LogP contribution in [0.3, 0.4) is 0 Å². The van der Waals surface area contributed by atoms with Crippen molar-refractivity contribution >= 4 is 29.1 Å². The molecule has 0 unspecified atom stereocenters. The van der Waals surface area contributed by atoms with Crippen LogP contribution < -0.4 is 5.73 Å². The fourth-order valence-corrected chi connectivity index (χ4v) is 3.15. The maximum absolute atomic E-state index is 13.8. The van der Waals surface area contributed by atoms with Crippen LogP contribution in [0.2, 0.25) is 0 Å². The number of benzene rings is 3. The summed E-state index contributed by atoms with van der Waals surface area (Å²) >= 11 is 1.41. The molecule has 3 N–H and O–H groups in total. The number of amidine groups is 1. The van der Waals surface area contributed by atoms with E-state index in [1.54, 1.807) is 24.4 Å². The Labute approximate surface area is 171 Å². The van der Waals surface area contributed by atoms with Gasteiger partial charge in [0.05, 0.1) is 11.8 Å². The number of aromatic carboxylic acids is 1. The van der Waals surface area contributed by atoms with Crippen LogP contribution in [0.1, 0.15) is 21.5 Å². The molecule has 0 radical (unpaired) electrons. The van der Waals surface area contributed by atoms with Gasteiger partial charge < -0.3 is 10.8 Å². The summed E-state index contributed by atoms with van der Waals surface area (Å²) in [5, 5.41) is 17.2. The Morgan fingerprint density at radius 2 is 1.72 bits per heavy atom. The normalized spacial score (nSPS) is 11.7. The van der Waals surface area contributed by atoms with E-state index in [-0.39, 0.29) is 5.56 Å². The van der Waals surface area contributed by atoms with Gasteiger partial charge in [0.2, 0.25) is 0 Å². The molecule has 3 rings (SSSR count). The summed E-state index contributed by atoms with van der Waals surface area (Å²) in [5.41, 5.74) is 8.82. The molecular formula is C22H18FN3O2S. The predicted octanol–water partition coefficient (Wildman–Crippen LogP) is 4.77. The van der Waals surface area contributed by atoms with E-state index < -0.39 is 11.8 Å². The molecule has 0 saturated heterocycles. The summed E-state index contributed by atoms with van der Waals surface area (Å²) in [6.07, 6.45) is 1.58. The van der Waals surface area contributed by atoms with Crippen molar-refractivity contribution in [1.29, 1.82) is 0 Å². The average Bonchev–Trinajstić information content (AvgIpc) is 2.73. The first-order chi connectivity index (χ1) is 14.0. The molecule has 0 fully saturated rings. The summed E-state index contributed by atoms with van der Waals surface area (Å²) in [7, 11) is 0. The fourth-order valence-electron chi connectivity index (χ4n) is 2.54. The van der Waals surface area contributed by atoms with Crippen molar-refractivity contribution in [2.24, 2.45) is 15.9 Å². The zero-order valence-corrected chi connectivity index (χ0v) is 16.1. The van der Waals surface area contributed by atoms with E-state index >= 15 is 0 Å². The molecule has 0 atom stereocenters. The number of carbonyl (C=O) groups is 1. The van der Waals surface area contributed by atoms with Crippen molar-refractivity contribution < 1.29 is 14.3 Å². The Kier molecular flexibility index (Phi) is 6.76. The Morgan fingerprint density at radius 1 is 1.03 bits per heavy atom. The van der Waals surface area contributed by atoms with E-state index in [0.717, 1.165) is 22.4 Å². The highest BCUT2D eigenvalue weighted by molar-refractivity contribution is 8.13. The van der Waals surface area contributed by atoms with Crippen LogP contribution in [0.5, 0.6) is 0 Å². The van der Waals surface area contributed by atoms with Gasteiger partial charge in [0, 0.05) is 5.75 Å². The van der Waals surface area contributed by atoms with Crippen molar-refractivity contribution in [3.63, 3.8) is 0 Å². The highest BCUT2D eigenvalue weighted by Crippen LogP contribution is 2.22. The second-order valence-electron chi connectivity index (χ2n) is 6.08. The van der Waals surface area contributed by atoms with E-state index in [4.69, 9.17) is 10.8 Å². The van der Waals surface area contributed by atoms with Crippen molar-refractivity contribution in [3.8, 4) is 11.1 Å². The monoisotopic (exact) mass is 407 g/mol. The van der Waals surface area contributed by atoms with Crippen LogP contribution in [0, 0.1) is 5.82 Å². The van der Waals surface area contributed by atoms with Crippen LogP contribution in [0.4, 0.5) is 4.39 Å². The van der Waals surface area contributed by atoms with Gasteiger partial charge in [0.15, 0.2) is 5.17 Å². The van der Waals surface area contributed by atoms with Gasteiger partial charge in [-0.2, -0.15) is 5.10 Å². The molecule has 3 aromatic carbocycles. The number of hydrogen-bond donors (Lipinski definition) is 2. The first kappa shape index (κ1) is 20.3. The van der Waals surface area contributed by atoms with Gasteiger partial charge in [-0.15, -0.1) is 5.10 Å². The molecule has 5 nitrogen and oxygen atoms in total. The molecule has 29 heavy (non-hydrogen) atoms. The largest absolute Gasteiger partial charge is 0.478 e. The van der Waals surface area contributed by atoms with E-state index in [0.29, 0.717) is 10.7 Å². The third-order valence-electron chi connectivity index (χ3n) is 4.04. The minimum Gasteiger partial charge on any atom is -0.478 e. The third kappa shape index (κ3) is 5.76. The van der Waals surface area contributed by atoms with Gasteiger partial charge in [0.25, 0.3) is 0 Å². The van der Waals surface area contributed by atoms with Gasteiger partial charge in [0.1, 0.15) is 5.82 Å². The number of nitrogens with zero attached hydrogens (tertiary/aromatic N) is 2. The number of nitrogens with two attached hydrogens (primary N) is 1. The van der Waals surface area contributed by atoms with Gasteiger partial charge in [-0.1, -0.05) is 72.4 Å². The standard InChI is InChI=1S/C22H18FN3O2S/c23-20-12-18(10-11-19(20)21(27)28)17-8-6-15(7-9-17)13-25-26-22(24)29-14-16-4-2-1-3-5-16/h1-13H,14H2,(H2,24,26)(H,27,28). The lowest BCUT2D eigenvalue weighted by Crippen LogP contribution is -2.05. The Bertz CT molecular complexity index is 1050. The summed E-state index contributed by atoms with van der Waals surface area (Å²) in [4.78, 5) is 10.9. The summed E-state index contributed by atoms with van der Waals surface area (Å²) in [6, 6.07) is 21.2. The molecule has 0 spiro atoms. The maximum Gasteiger partial charge on any atom is 0.338 e. The van der Waals surface area contributed by atoms with Crippen molar-refractivity contribution in [1.82, 2.24) is 0 Å². The molecule has 7 heteroatoms. The molecule has 0 heterocycles. The number of carboxylic acids is 1. The number of rotatable bonds is 6. The van der Waals surface area contributed by atoms with Gasteiger partial charge in [-0.25, -0.2) is 9.18 Å². The van der Waals surface area contributed by atoms with Crippen molar-refractivity contribution in [2.75, 3.05) is 0 Å². The molecule has 146 valence electrons. The number of thioether (sulfide) groups is 1. The van der Waals surface area contributed by atoms with Crippen molar-refractivity contribution in [3.05, 3.63) is 95.3 Å². The third-order valence-corrected chi connectivity index (χ3v) is 4.89. The van der Waals surface area contributed by atoms with Crippen LogP contribution >= 0.6 is 11.8 Å². The molecule has 0 aliphatic heterocycles. The molecular weight excluding hydrogens is 389 g/mol. The van der Waals surface area contributed by atoms with Crippen LogP contribution in [-0.2, 0) is 5.75 Å². The number of halogens is 1. The van der Waals surface area contributed by atoms with Crippen LogP contribution in [0.25, 0.3) is 11.1 Å². The topological polar surface area (TPSA) is 88.0 Å². The maximum atomic E-state index is 13.8. The van der Waals surface area contributed by atoms with Gasteiger partial charge in [-0.05, 0) is 34.4 Å². The van der Waals surface area contributed by atoms with Crippen molar-refractivity contribution in [2.45, 2.75) is 5.75 Å². The molecule has 3 aromatic rings. The lowest BCUT2D eigenvalue weighted by molar-refractivity contribution is 0.0692. The van der Waals surface area contributed by atoms with E-state index in [1.165, 1.54) is 23.9 Å². The van der Waals surface area contributed by atoms with Gasteiger partial charge in [-0.3, -0.25) is 0 Å². The zero-order chi connectivity index (χ0) is 20.6. The second kappa shape index (κ2) is 9.66. The summed E-state index contributed by atoms with van der Waals surface area (Å²) < 4.78 is 13.8. The fraction of sp³-hybridized carbons (Fsp3) is 0.0455. The molecule has 0 saturated carbocycles. The quantitative estimate of drug-likeness (QED) is 0.350. The minimum atomic E-state index is -1.29. The lowest BCUT2D eigenvalue weighted by Gasteiger charge is -2.04. The molecule has 0 aliphatic carbocycles. The second-order valence-corrected chi connectivity index (χ2v) is 7.07. The lowest BCUT2D eigenvalue weighted by atomic mass is 10.0. The first-order valence-corrected chi connectivity index (χ1v) is 9.68. The summed E-state index contributed by atoms with van der Waals surface area (Å²) in [6.45, 7) is 0. The summed E-state index contributed by atoms with van der Waals surface area (Å²) in [5.74, 6) is -1.33. The Morgan fingerprint density at radius 3 is 2.38 bits per heavy atom. The number of hydrogen-bond acceptors (Lipinski definition) is 4. The molecule has 0 aromatic heterocycles. The van der Waals surface area contributed by atoms with E-state index in [2.05, 4.69) is 10.2 Å². The molecule has 0 amide bonds. The van der Waals surface area contributed by atoms with Crippen LogP contribution in [-0.4, -0.2) is 22.5 Å². The minimum absolute atomic E-state index is 0.349. The van der Waals surface area contributed by atoms with E-state index in [9.17, 15) is 9.18 Å². The SMILES string of the molecule is NC(=NN=Cc1ccc(-c2ccc(C(=O)O)c(F)c2)cc1)SCc1ccccc1. The Balaban J connectivity index is 1.61. The van der Waals surface area contributed by atoms with E-state index in [1.807, 2.05) is 42.5 Å². The number of carboxylic acid groups (broad SMARTS) is 1. The average molecular weight is 407 g/mol. The highest BCUT2D eigenvalue weighted by atomic mass is 32.2. The van der Waals surface area contributed by atoms with Gasteiger partial charge >= 0.3 is 5.97 Å². The Hall–Kier alpha value is -3.45. The molecule has 0 bridgehead atoms. The smallest absolute Gasteiger partial charge is 0.338 e. The first-order valence-electron chi connectivity index (χ1n) is 8.69.